The number of nitrogens with two attached hydrogens (primary N) is 1. The Balaban J connectivity index is 2.54. The summed E-state index contributed by atoms with van der Waals surface area (Å²) >= 11 is 0. The molecule has 3 N–H and O–H groups in total. The Morgan fingerprint density at radius 1 is 0.792 bits per heavy atom. The fraction of sp³-hybridized carbons (Fsp3) is 0.381. The van der Waals surface area contributed by atoms with Gasteiger partial charge in [0.2, 0.25) is 0 Å². The lowest BCUT2D eigenvalue weighted by Crippen LogP contribution is -2.32. The zero-order valence-electron chi connectivity index (χ0n) is 15.6. The van der Waals surface area contributed by atoms with Crippen molar-refractivity contribution in [2.24, 2.45) is 5.73 Å². The molecule has 24 heavy (non-hydrogen) atoms. The van der Waals surface area contributed by atoms with E-state index in [1.807, 2.05) is 24.3 Å². The van der Waals surface area contributed by atoms with Crippen molar-refractivity contribution in [3.63, 3.8) is 0 Å². The molecule has 0 spiro atoms. The highest BCUT2D eigenvalue weighted by atomic mass is 15.2. The van der Waals surface area contributed by atoms with Crippen LogP contribution in [0.5, 0.6) is 0 Å². The maximum Gasteiger partial charge on any atom is 0.197 e. The van der Waals surface area contributed by atoms with Gasteiger partial charge in [0.25, 0.3) is 0 Å². The average Bonchev–Trinajstić information content (AvgIpc) is 2.46. The van der Waals surface area contributed by atoms with Gasteiger partial charge in [-0.05, 0) is 46.2 Å². The van der Waals surface area contributed by atoms with Crippen molar-refractivity contribution in [1.29, 1.82) is 5.41 Å². The molecule has 0 fully saturated rings. The van der Waals surface area contributed by atoms with E-state index in [1.54, 1.807) is 4.90 Å². The van der Waals surface area contributed by atoms with Crippen LogP contribution >= 0.6 is 0 Å². The fourth-order valence-corrected chi connectivity index (χ4v) is 2.65. The van der Waals surface area contributed by atoms with Crippen LogP contribution in [0, 0.1) is 5.41 Å². The number of guanidine groups is 1. The van der Waals surface area contributed by atoms with Crippen LogP contribution in [0.3, 0.4) is 0 Å². The smallest absolute Gasteiger partial charge is 0.197 e. The SMILES string of the molecule is CC(C)(C)c1cccc(N(C(=N)N)c2cccc(C(C)(C)C)c2)c1. The normalized spacial score (nSPS) is 12.1. The van der Waals surface area contributed by atoms with E-state index in [0.29, 0.717) is 0 Å². The minimum absolute atomic E-state index is 0.0205. The lowest BCUT2D eigenvalue weighted by molar-refractivity contribution is 0.590. The third-order valence-electron chi connectivity index (χ3n) is 4.18. The van der Waals surface area contributed by atoms with Crippen LogP contribution < -0.4 is 10.6 Å². The van der Waals surface area contributed by atoms with Gasteiger partial charge in [0.1, 0.15) is 0 Å². The second-order valence-electron chi connectivity index (χ2n) is 8.32. The molecular weight excluding hydrogens is 294 g/mol. The standard InChI is InChI=1S/C21H29N3/c1-20(2,3)15-9-7-11-17(13-15)24(19(22)23)18-12-8-10-16(14-18)21(4,5)6/h7-14H,1-6H3,(H3,22,23). The van der Waals surface area contributed by atoms with Gasteiger partial charge in [-0.1, -0.05) is 65.8 Å². The van der Waals surface area contributed by atoms with Gasteiger partial charge < -0.3 is 5.73 Å². The molecule has 2 aromatic rings. The molecule has 0 aromatic heterocycles. The monoisotopic (exact) mass is 323 g/mol. The number of rotatable bonds is 2. The Labute approximate surface area is 146 Å². The van der Waals surface area contributed by atoms with E-state index in [4.69, 9.17) is 11.1 Å². The van der Waals surface area contributed by atoms with E-state index in [-0.39, 0.29) is 16.8 Å². The summed E-state index contributed by atoms with van der Waals surface area (Å²) in [5.74, 6) is 0.0205. The van der Waals surface area contributed by atoms with Crippen molar-refractivity contribution in [3.05, 3.63) is 59.7 Å². The van der Waals surface area contributed by atoms with Crippen molar-refractivity contribution >= 4 is 17.3 Å². The van der Waals surface area contributed by atoms with Crippen LogP contribution in [-0.4, -0.2) is 5.96 Å². The van der Waals surface area contributed by atoms with Crippen molar-refractivity contribution in [2.45, 2.75) is 52.4 Å². The fourth-order valence-electron chi connectivity index (χ4n) is 2.65. The third-order valence-corrected chi connectivity index (χ3v) is 4.18. The van der Waals surface area contributed by atoms with E-state index >= 15 is 0 Å². The highest BCUT2D eigenvalue weighted by Crippen LogP contribution is 2.32. The Morgan fingerprint density at radius 3 is 1.46 bits per heavy atom. The van der Waals surface area contributed by atoms with Gasteiger partial charge in [-0.25, -0.2) is 0 Å². The number of benzene rings is 2. The molecule has 0 radical (unpaired) electrons. The first-order valence-electron chi connectivity index (χ1n) is 8.35. The van der Waals surface area contributed by atoms with E-state index in [2.05, 4.69) is 65.8 Å². The van der Waals surface area contributed by atoms with Gasteiger partial charge in [0.15, 0.2) is 5.96 Å². The number of hydrogen-bond acceptors (Lipinski definition) is 1. The summed E-state index contributed by atoms with van der Waals surface area (Å²) in [7, 11) is 0. The van der Waals surface area contributed by atoms with Gasteiger partial charge in [0, 0.05) is 11.4 Å². The first kappa shape index (κ1) is 18.1. The van der Waals surface area contributed by atoms with Gasteiger partial charge in [0.05, 0.1) is 0 Å². The Morgan fingerprint density at radius 2 is 1.17 bits per heavy atom. The van der Waals surface area contributed by atoms with Crippen molar-refractivity contribution in [3.8, 4) is 0 Å². The molecule has 128 valence electrons. The molecule has 0 heterocycles. The number of anilines is 2. The lowest BCUT2D eigenvalue weighted by atomic mass is 9.86. The summed E-state index contributed by atoms with van der Waals surface area (Å²) in [6.45, 7) is 13.1. The van der Waals surface area contributed by atoms with Crippen LogP contribution in [-0.2, 0) is 10.8 Å². The molecule has 0 saturated heterocycles. The topological polar surface area (TPSA) is 53.1 Å². The predicted molar refractivity (Wildman–Crippen MR) is 104 cm³/mol. The minimum Gasteiger partial charge on any atom is -0.369 e. The zero-order chi connectivity index (χ0) is 18.1. The summed E-state index contributed by atoms with van der Waals surface area (Å²) < 4.78 is 0. The second kappa shape index (κ2) is 6.31. The van der Waals surface area contributed by atoms with Crippen LogP contribution in [0.1, 0.15) is 52.7 Å². The van der Waals surface area contributed by atoms with E-state index < -0.39 is 0 Å². The van der Waals surface area contributed by atoms with Crippen LogP contribution in [0.15, 0.2) is 48.5 Å². The van der Waals surface area contributed by atoms with Gasteiger partial charge >= 0.3 is 0 Å². The highest BCUT2D eigenvalue weighted by Gasteiger charge is 2.20. The maximum atomic E-state index is 8.08. The lowest BCUT2D eigenvalue weighted by Gasteiger charge is -2.28. The van der Waals surface area contributed by atoms with E-state index in [9.17, 15) is 0 Å². The van der Waals surface area contributed by atoms with Crippen LogP contribution in [0.25, 0.3) is 0 Å². The number of nitrogens with one attached hydrogen (secondary N) is 1. The molecule has 0 saturated carbocycles. The summed E-state index contributed by atoms with van der Waals surface area (Å²) in [5, 5.41) is 8.08. The first-order chi connectivity index (χ1) is 11.0. The zero-order valence-corrected chi connectivity index (χ0v) is 15.6. The Bertz CT molecular complexity index is 676. The quantitative estimate of drug-likeness (QED) is 0.581. The first-order valence-corrected chi connectivity index (χ1v) is 8.35. The second-order valence-corrected chi connectivity index (χ2v) is 8.32. The predicted octanol–water partition coefficient (Wildman–Crippen LogP) is 5.31. The Hall–Kier alpha value is -2.29. The van der Waals surface area contributed by atoms with Crippen LogP contribution in [0.4, 0.5) is 11.4 Å². The van der Waals surface area contributed by atoms with Crippen molar-refractivity contribution in [2.75, 3.05) is 4.90 Å². The van der Waals surface area contributed by atoms with Gasteiger partial charge in [-0.15, -0.1) is 0 Å². The molecule has 0 unspecified atom stereocenters. The molecule has 3 heteroatoms. The molecule has 0 aliphatic carbocycles. The van der Waals surface area contributed by atoms with E-state index in [1.165, 1.54) is 11.1 Å². The molecule has 0 aliphatic heterocycles. The van der Waals surface area contributed by atoms with Crippen LogP contribution in [0.2, 0.25) is 0 Å². The average molecular weight is 323 g/mol. The highest BCUT2D eigenvalue weighted by molar-refractivity contribution is 6.00. The molecule has 0 amide bonds. The molecular formula is C21H29N3. The summed E-state index contributed by atoms with van der Waals surface area (Å²) in [4.78, 5) is 1.80. The molecule has 2 rings (SSSR count). The van der Waals surface area contributed by atoms with Crippen molar-refractivity contribution in [1.82, 2.24) is 0 Å². The Kier molecular flexibility index (Phi) is 4.75. The largest absolute Gasteiger partial charge is 0.369 e. The van der Waals surface area contributed by atoms with Gasteiger partial charge in [-0.2, -0.15) is 0 Å². The number of nitrogens with zero attached hydrogens (tertiary/aromatic N) is 1. The molecule has 0 aliphatic rings. The molecule has 0 atom stereocenters. The maximum absolute atomic E-state index is 8.08. The van der Waals surface area contributed by atoms with Crippen molar-refractivity contribution < 1.29 is 0 Å². The van der Waals surface area contributed by atoms with E-state index in [0.717, 1.165) is 11.4 Å². The number of hydrogen-bond donors (Lipinski definition) is 2. The summed E-state index contributed by atoms with van der Waals surface area (Å²) in [6, 6.07) is 16.5. The molecule has 0 bridgehead atoms. The third kappa shape index (κ3) is 3.97. The molecule has 3 nitrogen and oxygen atoms in total. The van der Waals surface area contributed by atoms with Gasteiger partial charge in [-0.3, -0.25) is 10.3 Å². The molecule has 2 aromatic carbocycles. The minimum atomic E-state index is 0.0205. The summed E-state index contributed by atoms with van der Waals surface area (Å²) in [6.07, 6.45) is 0. The summed E-state index contributed by atoms with van der Waals surface area (Å²) in [5.41, 5.74) is 10.3.